The summed E-state index contributed by atoms with van der Waals surface area (Å²) >= 11 is 12.0. The van der Waals surface area contributed by atoms with Gasteiger partial charge in [-0.05, 0) is 38.0 Å². The van der Waals surface area contributed by atoms with Crippen LogP contribution in [-0.2, 0) is 0 Å². The number of nitrogens with zero attached hydrogens (tertiary/aromatic N) is 2. The largest absolute Gasteiger partial charge is 0.339 e. The van der Waals surface area contributed by atoms with Gasteiger partial charge in [-0.15, -0.1) is 0 Å². The summed E-state index contributed by atoms with van der Waals surface area (Å²) in [5.41, 5.74) is 6.50. The molecule has 114 valence electrons. The highest BCUT2D eigenvalue weighted by Crippen LogP contribution is 2.27. The molecule has 0 bridgehead atoms. The van der Waals surface area contributed by atoms with Gasteiger partial charge in [0.05, 0.1) is 0 Å². The van der Waals surface area contributed by atoms with Gasteiger partial charge in [0, 0.05) is 27.6 Å². The molecule has 2 unspecified atom stereocenters. The Hall–Kier alpha value is -1.10. The summed E-state index contributed by atoms with van der Waals surface area (Å²) in [6.45, 7) is 4.09. The predicted molar refractivity (Wildman–Crippen MR) is 85.7 cm³/mol. The molecule has 0 aliphatic rings. The molecule has 0 saturated carbocycles. The van der Waals surface area contributed by atoms with Gasteiger partial charge in [0.15, 0.2) is 0 Å². The van der Waals surface area contributed by atoms with Crippen LogP contribution in [0.4, 0.5) is 0 Å². The van der Waals surface area contributed by atoms with E-state index in [1.807, 2.05) is 6.92 Å². The van der Waals surface area contributed by atoms with Crippen LogP contribution in [0.25, 0.3) is 11.4 Å². The molecule has 2 aromatic rings. The highest BCUT2D eigenvalue weighted by Gasteiger charge is 2.16. The SMILES string of the molecule is CC(N)CCCC(C)c1nc(-c2cc(Cl)cc(Cl)c2)no1. The van der Waals surface area contributed by atoms with E-state index in [9.17, 15) is 0 Å². The van der Waals surface area contributed by atoms with E-state index in [0.717, 1.165) is 24.8 Å². The Bertz CT molecular complexity index is 578. The number of benzene rings is 1. The topological polar surface area (TPSA) is 64.9 Å². The fourth-order valence-corrected chi connectivity index (χ4v) is 2.63. The first-order valence-corrected chi connectivity index (χ1v) is 7.77. The lowest BCUT2D eigenvalue weighted by Crippen LogP contribution is -2.14. The Morgan fingerprint density at radius 3 is 2.43 bits per heavy atom. The Morgan fingerprint density at radius 1 is 1.14 bits per heavy atom. The maximum absolute atomic E-state index is 5.99. The van der Waals surface area contributed by atoms with Gasteiger partial charge in [-0.2, -0.15) is 4.98 Å². The van der Waals surface area contributed by atoms with Crippen molar-refractivity contribution in [2.45, 2.75) is 45.1 Å². The maximum atomic E-state index is 5.99. The fraction of sp³-hybridized carbons (Fsp3) is 0.467. The van der Waals surface area contributed by atoms with Gasteiger partial charge in [0.25, 0.3) is 0 Å². The van der Waals surface area contributed by atoms with Crippen LogP contribution in [0.3, 0.4) is 0 Å². The molecular weight excluding hydrogens is 309 g/mol. The van der Waals surface area contributed by atoms with E-state index in [-0.39, 0.29) is 12.0 Å². The van der Waals surface area contributed by atoms with E-state index in [1.54, 1.807) is 18.2 Å². The van der Waals surface area contributed by atoms with Crippen molar-refractivity contribution in [2.24, 2.45) is 5.73 Å². The molecule has 2 rings (SSSR count). The molecule has 0 saturated heterocycles. The van der Waals surface area contributed by atoms with Crippen molar-refractivity contribution in [2.75, 3.05) is 0 Å². The standard InChI is InChI=1S/C15H19Cl2N3O/c1-9(4-3-5-10(2)18)15-19-14(20-21-15)11-6-12(16)8-13(17)7-11/h6-10H,3-5,18H2,1-2H3. The Kier molecular flexibility index (Phi) is 5.62. The molecule has 1 heterocycles. The summed E-state index contributed by atoms with van der Waals surface area (Å²) in [6, 6.07) is 5.43. The summed E-state index contributed by atoms with van der Waals surface area (Å²) in [6.07, 6.45) is 3.01. The molecule has 21 heavy (non-hydrogen) atoms. The molecule has 0 radical (unpaired) electrons. The number of halogens is 2. The average Bonchev–Trinajstić information content (AvgIpc) is 2.86. The van der Waals surface area contributed by atoms with Crippen molar-refractivity contribution in [3.63, 3.8) is 0 Å². The van der Waals surface area contributed by atoms with E-state index in [4.69, 9.17) is 33.5 Å². The van der Waals surface area contributed by atoms with E-state index < -0.39 is 0 Å². The molecule has 0 amide bonds. The summed E-state index contributed by atoms with van der Waals surface area (Å²) in [7, 11) is 0. The van der Waals surface area contributed by atoms with Gasteiger partial charge >= 0.3 is 0 Å². The van der Waals surface area contributed by atoms with Gasteiger partial charge in [0.2, 0.25) is 11.7 Å². The summed E-state index contributed by atoms with van der Waals surface area (Å²) in [4.78, 5) is 4.43. The monoisotopic (exact) mass is 327 g/mol. The number of nitrogens with two attached hydrogens (primary N) is 1. The second-order valence-electron chi connectivity index (χ2n) is 5.42. The second kappa shape index (κ2) is 7.25. The third kappa shape index (κ3) is 4.70. The van der Waals surface area contributed by atoms with Gasteiger partial charge in [-0.1, -0.05) is 41.7 Å². The zero-order chi connectivity index (χ0) is 15.4. The number of hydrogen-bond donors (Lipinski definition) is 1. The fourth-order valence-electron chi connectivity index (χ4n) is 2.11. The third-order valence-corrected chi connectivity index (χ3v) is 3.72. The minimum Gasteiger partial charge on any atom is -0.339 e. The van der Waals surface area contributed by atoms with Crippen LogP contribution in [-0.4, -0.2) is 16.2 Å². The lowest BCUT2D eigenvalue weighted by Gasteiger charge is -2.07. The summed E-state index contributed by atoms with van der Waals surface area (Å²) in [5, 5.41) is 5.10. The van der Waals surface area contributed by atoms with Gasteiger partial charge in [-0.25, -0.2) is 0 Å². The molecular formula is C15H19Cl2N3O. The average molecular weight is 328 g/mol. The Morgan fingerprint density at radius 2 is 1.81 bits per heavy atom. The normalized spacial score (nSPS) is 14.1. The number of aromatic nitrogens is 2. The van der Waals surface area contributed by atoms with Crippen molar-refractivity contribution in [3.8, 4) is 11.4 Å². The van der Waals surface area contributed by atoms with E-state index >= 15 is 0 Å². The van der Waals surface area contributed by atoms with Crippen molar-refractivity contribution >= 4 is 23.2 Å². The molecule has 0 fully saturated rings. The Labute approximate surface area is 134 Å². The highest BCUT2D eigenvalue weighted by molar-refractivity contribution is 6.35. The maximum Gasteiger partial charge on any atom is 0.229 e. The molecule has 0 aliphatic heterocycles. The summed E-state index contributed by atoms with van der Waals surface area (Å²) in [5.74, 6) is 1.35. The van der Waals surface area contributed by atoms with E-state index in [2.05, 4.69) is 17.1 Å². The van der Waals surface area contributed by atoms with E-state index in [0.29, 0.717) is 21.8 Å². The van der Waals surface area contributed by atoms with Crippen molar-refractivity contribution < 1.29 is 4.52 Å². The molecule has 2 N–H and O–H groups in total. The third-order valence-electron chi connectivity index (χ3n) is 3.28. The van der Waals surface area contributed by atoms with Gasteiger partial charge in [0.1, 0.15) is 0 Å². The molecule has 6 heteroatoms. The molecule has 1 aromatic heterocycles. The predicted octanol–water partition coefficient (Wildman–Crippen LogP) is 4.66. The molecule has 0 spiro atoms. The zero-order valence-corrected chi connectivity index (χ0v) is 13.7. The minimum atomic E-state index is 0.208. The van der Waals surface area contributed by atoms with Gasteiger partial charge in [-0.3, -0.25) is 0 Å². The number of rotatable bonds is 6. The first-order valence-electron chi connectivity index (χ1n) is 7.01. The van der Waals surface area contributed by atoms with Crippen molar-refractivity contribution in [1.82, 2.24) is 10.1 Å². The van der Waals surface area contributed by atoms with Crippen LogP contribution in [0.15, 0.2) is 22.7 Å². The lowest BCUT2D eigenvalue weighted by atomic mass is 10.0. The van der Waals surface area contributed by atoms with Crippen LogP contribution in [0.5, 0.6) is 0 Å². The van der Waals surface area contributed by atoms with Crippen LogP contribution in [0.2, 0.25) is 10.0 Å². The second-order valence-corrected chi connectivity index (χ2v) is 6.30. The first kappa shape index (κ1) is 16.3. The van der Waals surface area contributed by atoms with Crippen LogP contribution < -0.4 is 5.73 Å². The molecule has 0 aliphatic carbocycles. The van der Waals surface area contributed by atoms with Crippen LogP contribution in [0.1, 0.15) is 44.9 Å². The lowest BCUT2D eigenvalue weighted by molar-refractivity contribution is 0.350. The summed E-state index contributed by atoms with van der Waals surface area (Å²) < 4.78 is 5.34. The minimum absolute atomic E-state index is 0.208. The highest BCUT2D eigenvalue weighted by atomic mass is 35.5. The first-order chi connectivity index (χ1) is 9.95. The molecule has 1 aromatic carbocycles. The Balaban J connectivity index is 2.06. The van der Waals surface area contributed by atoms with Gasteiger partial charge < -0.3 is 10.3 Å². The zero-order valence-electron chi connectivity index (χ0n) is 12.1. The smallest absolute Gasteiger partial charge is 0.229 e. The van der Waals surface area contributed by atoms with Crippen LogP contribution >= 0.6 is 23.2 Å². The van der Waals surface area contributed by atoms with Crippen LogP contribution in [0, 0.1) is 0 Å². The molecule has 2 atom stereocenters. The number of hydrogen-bond acceptors (Lipinski definition) is 4. The van der Waals surface area contributed by atoms with Crippen molar-refractivity contribution in [3.05, 3.63) is 34.1 Å². The molecule has 4 nitrogen and oxygen atoms in total. The van der Waals surface area contributed by atoms with Crippen molar-refractivity contribution in [1.29, 1.82) is 0 Å². The quantitative estimate of drug-likeness (QED) is 0.837. The van der Waals surface area contributed by atoms with E-state index in [1.165, 1.54) is 0 Å².